The van der Waals surface area contributed by atoms with Crippen molar-refractivity contribution in [2.24, 2.45) is 0 Å². The SMILES string of the molecule is CNC(=O)c1c(C)cccc1C. The Morgan fingerprint density at radius 3 is 2.17 bits per heavy atom. The van der Waals surface area contributed by atoms with Crippen molar-refractivity contribution in [3.63, 3.8) is 0 Å². The molecular formula is C10H13NO. The molecule has 1 N–H and O–H groups in total. The highest BCUT2D eigenvalue weighted by Gasteiger charge is 2.08. The summed E-state index contributed by atoms with van der Waals surface area (Å²) in [5.74, 6) is -0.00870. The third-order valence-electron chi connectivity index (χ3n) is 1.94. The molecule has 1 aromatic carbocycles. The van der Waals surface area contributed by atoms with Gasteiger partial charge in [0.05, 0.1) is 0 Å². The maximum Gasteiger partial charge on any atom is 0.251 e. The smallest absolute Gasteiger partial charge is 0.251 e. The number of nitrogens with one attached hydrogen (secondary N) is 1. The molecule has 0 atom stereocenters. The van der Waals surface area contributed by atoms with Gasteiger partial charge in [0.1, 0.15) is 0 Å². The van der Waals surface area contributed by atoms with Crippen LogP contribution in [0.1, 0.15) is 21.5 Å². The first-order valence-corrected chi connectivity index (χ1v) is 3.95. The highest BCUT2D eigenvalue weighted by molar-refractivity contribution is 5.96. The molecule has 0 aliphatic rings. The van der Waals surface area contributed by atoms with Gasteiger partial charge in [0.2, 0.25) is 0 Å². The summed E-state index contributed by atoms with van der Waals surface area (Å²) in [5, 5.41) is 2.62. The van der Waals surface area contributed by atoms with Gasteiger partial charge in [-0.2, -0.15) is 0 Å². The lowest BCUT2D eigenvalue weighted by molar-refractivity contribution is 0.0962. The molecule has 0 radical (unpaired) electrons. The van der Waals surface area contributed by atoms with Crippen LogP contribution in [0.2, 0.25) is 0 Å². The summed E-state index contributed by atoms with van der Waals surface area (Å²) in [6, 6.07) is 5.84. The number of amides is 1. The van der Waals surface area contributed by atoms with E-state index in [0.717, 1.165) is 16.7 Å². The number of carbonyl (C=O) groups is 1. The van der Waals surface area contributed by atoms with E-state index in [1.54, 1.807) is 7.05 Å². The van der Waals surface area contributed by atoms with Crippen molar-refractivity contribution in [3.05, 3.63) is 34.9 Å². The summed E-state index contributed by atoms with van der Waals surface area (Å²) in [6.07, 6.45) is 0. The molecule has 12 heavy (non-hydrogen) atoms. The standard InChI is InChI=1S/C10H13NO/c1-7-5-4-6-8(2)9(7)10(12)11-3/h4-6H,1-3H3,(H,11,12). The van der Waals surface area contributed by atoms with Crippen LogP contribution in [0.5, 0.6) is 0 Å². The molecule has 2 nitrogen and oxygen atoms in total. The Balaban J connectivity index is 3.21. The van der Waals surface area contributed by atoms with E-state index in [4.69, 9.17) is 0 Å². The topological polar surface area (TPSA) is 29.1 Å². The molecule has 0 saturated heterocycles. The number of benzene rings is 1. The lowest BCUT2D eigenvalue weighted by Crippen LogP contribution is -2.20. The zero-order valence-corrected chi connectivity index (χ0v) is 7.64. The molecule has 0 unspecified atom stereocenters. The Labute approximate surface area is 72.6 Å². The van der Waals surface area contributed by atoms with Crippen molar-refractivity contribution >= 4 is 5.91 Å². The van der Waals surface area contributed by atoms with Gasteiger partial charge in [-0.3, -0.25) is 4.79 Å². The molecular weight excluding hydrogens is 150 g/mol. The van der Waals surface area contributed by atoms with Gasteiger partial charge in [0, 0.05) is 12.6 Å². The molecule has 0 heterocycles. The zero-order chi connectivity index (χ0) is 9.14. The van der Waals surface area contributed by atoms with E-state index in [9.17, 15) is 4.79 Å². The first-order chi connectivity index (χ1) is 5.66. The van der Waals surface area contributed by atoms with E-state index in [1.165, 1.54) is 0 Å². The molecule has 1 rings (SSSR count). The van der Waals surface area contributed by atoms with Crippen molar-refractivity contribution < 1.29 is 4.79 Å². The quantitative estimate of drug-likeness (QED) is 0.670. The third kappa shape index (κ3) is 1.47. The van der Waals surface area contributed by atoms with Gasteiger partial charge < -0.3 is 5.32 Å². The first kappa shape index (κ1) is 8.78. The molecule has 0 aliphatic heterocycles. The minimum Gasteiger partial charge on any atom is -0.355 e. The fraction of sp³-hybridized carbons (Fsp3) is 0.300. The third-order valence-corrected chi connectivity index (χ3v) is 1.94. The molecule has 1 amide bonds. The van der Waals surface area contributed by atoms with E-state index in [0.29, 0.717) is 0 Å². The molecule has 0 aliphatic carbocycles. The van der Waals surface area contributed by atoms with Gasteiger partial charge >= 0.3 is 0 Å². The van der Waals surface area contributed by atoms with Crippen LogP contribution < -0.4 is 5.32 Å². The van der Waals surface area contributed by atoms with Crippen molar-refractivity contribution in [3.8, 4) is 0 Å². The number of aryl methyl sites for hydroxylation is 2. The second kappa shape index (κ2) is 3.39. The highest BCUT2D eigenvalue weighted by Crippen LogP contribution is 2.12. The van der Waals surface area contributed by atoms with Gasteiger partial charge in [0.15, 0.2) is 0 Å². The molecule has 2 heteroatoms. The zero-order valence-electron chi connectivity index (χ0n) is 7.64. The molecule has 0 saturated carbocycles. The average molecular weight is 163 g/mol. The Hall–Kier alpha value is -1.31. The maximum absolute atomic E-state index is 11.3. The lowest BCUT2D eigenvalue weighted by Gasteiger charge is -2.06. The largest absolute Gasteiger partial charge is 0.355 e. The second-order valence-corrected chi connectivity index (χ2v) is 2.85. The van der Waals surface area contributed by atoms with Crippen LogP contribution in [-0.4, -0.2) is 13.0 Å². The summed E-state index contributed by atoms with van der Waals surface area (Å²) < 4.78 is 0. The van der Waals surface area contributed by atoms with E-state index in [1.807, 2.05) is 32.0 Å². The van der Waals surface area contributed by atoms with Crippen LogP contribution in [0.25, 0.3) is 0 Å². The van der Waals surface area contributed by atoms with Crippen LogP contribution in [0.4, 0.5) is 0 Å². The minimum atomic E-state index is -0.00870. The van der Waals surface area contributed by atoms with Crippen LogP contribution in [0, 0.1) is 13.8 Å². The molecule has 1 aromatic rings. The summed E-state index contributed by atoms with van der Waals surface area (Å²) in [5.41, 5.74) is 2.84. The van der Waals surface area contributed by atoms with Crippen molar-refractivity contribution in [1.29, 1.82) is 0 Å². The minimum absolute atomic E-state index is 0.00870. The summed E-state index contributed by atoms with van der Waals surface area (Å²) >= 11 is 0. The van der Waals surface area contributed by atoms with Crippen molar-refractivity contribution in [1.82, 2.24) is 5.32 Å². The molecule has 0 spiro atoms. The Bertz CT molecular complexity index is 284. The maximum atomic E-state index is 11.3. The highest BCUT2D eigenvalue weighted by atomic mass is 16.1. The fourth-order valence-corrected chi connectivity index (χ4v) is 1.30. The Morgan fingerprint density at radius 2 is 1.75 bits per heavy atom. The van der Waals surface area contributed by atoms with Crippen LogP contribution in [-0.2, 0) is 0 Å². The van der Waals surface area contributed by atoms with Gasteiger partial charge in [-0.1, -0.05) is 18.2 Å². The number of carbonyl (C=O) groups excluding carboxylic acids is 1. The predicted octanol–water partition coefficient (Wildman–Crippen LogP) is 1.66. The number of rotatable bonds is 1. The predicted molar refractivity (Wildman–Crippen MR) is 49.3 cm³/mol. The van der Waals surface area contributed by atoms with Crippen LogP contribution in [0.3, 0.4) is 0 Å². The van der Waals surface area contributed by atoms with E-state index in [2.05, 4.69) is 5.32 Å². The van der Waals surface area contributed by atoms with Crippen LogP contribution in [0.15, 0.2) is 18.2 Å². The summed E-state index contributed by atoms with van der Waals surface area (Å²) in [4.78, 5) is 11.3. The Morgan fingerprint density at radius 1 is 1.25 bits per heavy atom. The molecule has 0 bridgehead atoms. The van der Waals surface area contributed by atoms with Gasteiger partial charge in [0.25, 0.3) is 5.91 Å². The van der Waals surface area contributed by atoms with Crippen molar-refractivity contribution in [2.75, 3.05) is 7.05 Å². The Kier molecular flexibility index (Phi) is 2.48. The van der Waals surface area contributed by atoms with Gasteiger partial charge in [-0.05, 0) is 25.0 Å². The fourth-order valence-electron chi connectivity index (χ4n) is 1.30. The van der Waals surface area contributed by atoms with Gasteiger partial charge in [-0.25, -0.2) is 0 Å². The van der Waals surface area contributed by atoms with E-state index < -0.39 is 0 Å². The second-order valence-electron chi connectivity index (χ2n) is 2.85. The van der Waals surface area contributed by atoms with E-state index >= 15 is 0 Å². The number of hydrogen-bond donors (Lipinski definition) is 1. The lowest BCUT2D eigenvalue weighted by atomic mass is 10.0. The molecule has 0 fully saturated rings. The summed E-state index contributed by atoms with van der Waals surface area (Å²) in [7, 11) is 1.65. The van der Waals surface area contributed by atoms with Gasteiger partial charge in [-0.15, -0.1) is 0 Å². The number of hydrogen-bond acceptors (Lipinski definition) is 1. The normalized spacial score (nSPS) is 9.58. The molecule has 64 valence electrons. The van der Waals surface area contributed by atoms with E-state index in [-0.39, 0.29) is 5.91 Å². The van der Waals surface area contributed by atoms with Crippen LogP contribution >= 0.6 is 0 Å². The monoisotopic (exact) mass is 163 g/mol. The van der Waals surface area contributed by atoms with Crippen molar-refractivity contribution in [2.45, 2.75) is 13.8 Å². The summed E-state index contributed by atoms with van der Waals surface area (Å²) in [6.45, 7) is 3.88. The average Bonchev–Trinajstić information content (AvgIpc) is 2.03. The first-order valence-electron chi connectivity index (χ1n) is 3.95. The molecule has 0 aromatic heterocycles.